The average molecular weight is 367 g/mol. The summed E-state index contributed by atoms with van der Waals surface area (Å²) in [5.41, 5.74) is 6.44. The van der Waals surface area contributed by atoms with E-state index in [2.05, 4.69) is 22.4 Å². The summed E-state index contributed by atoms with van der Waals surface area (Å²) in [4.78, 5) is 9.33. The largest absolute Gasteiger partial charge is 0.324 e. The molecule has 0 radical (unpaired) electrons. The second kappa shape index (κ2) is 6.89. The fraction of sp³-hybridized carbons (Fsp3) is 0.0833. The highest BCUT2D eigenvalue weighted by Gasteiger charge is 2.27. The van der Waals surface area contributed by atoms with Gasteiger partial charge in [-0.05, 0) is 47.4 Å². The molecule has 0 fully saturated rings. The van der Waals surface area contributed by atoms with E-state index in [9.17, 15) is 4.39 Å². The lowest BCUT2D eigenvalue weighted by atomic mass is 9.78. The van der Waals surface area contributed by atoms with Crippen LogP contribution in [0.3, 0.4) is 0 Å². The Morgan fingerprint density at radius 3 is 2.43 bits per heavy atom. The van der Waals surface area contributed by atoms with Crippen molar-refractivity contribution < 1.29 is 4.39 Å². The molecule has 0 saturated heterocycles. The zero-order valence-electron chi connectivity index (χ0n) is 15.1. The van der Waals surface area contributed by atoms with Crippen molar-refractivity contribution in [3.05, 3.63) is 108 Å². The topological polar surface area (TPSA) is 37.8 Å². The normalized spacial score (nSPS) is 14.8. The summed E-state index contributed by atoms with van der Waals surface area (Å²) < 4.78 is 13.4. The van der Waals surface area contributed by atoms with Crippen molar-refractivity contribution in [3.63, 3.8) is 0 Å². The maximum absolute atomic E-state index is 13.4. The fourth-order valence-corrected chi connectivity index (χ4v) is 3.84. The molecule has 1 aliphatic carbocycles. The summed E-state index contributed by atoms with van der Waals surface area (Å²) in [6.45, 7) is 0. The highest BCUT2D eigenvalue weighted by Crippen LogP contribution is 2.41. The molecule has 1 N–H and O–H groups in total. The van der Waals surface area contributed by atoms with Crippen LogP contribution in [0.25, 0.3) is 11.3 Å². The van der Waals surface area contributed by atoms with Crippen molar-refractivity contribution in [1.29, 1.82) is 0 Å². The van der Waals surface area contributed by atoms with E-state index in [-0.39, 0.29) is 11.7 Å². The molecule has 5 rings (SSSR count). The summed E-state index contributed by atoms with van der Waals surface area (Å²) in [6, 6.07) is 25.0. The standard InChI is InChI=1S/C24H18FN3/c25-18-12-10-16(11-13-18)22-14-17-15-26-24(27-19-6-2-1-3-7-19)28-23(17)21-9-5-4-8-20(21)22/h1-13,15,22H,14H2,(H,26,27,28). The third-order valence-electron chi connectivity index (χ3n) is 5.18. The van der Waals surface area contributed by atoms with Crippen molar-refractivity contribution >= 4 is 11.6 Å². The third-order valence-corrected chi connectivity index (χ3v) is 5.18. The van der Waals surface area contributed by atoms with Gasteiger partial charge in [0.1, 0.15) is 5.82 Å². The Balaban J connectivity index is 1.56. The molecule has 0 amide bonds. The maximum Gasteiger partial charge on any atom is 0.227 e. The molecular weight excluding hydrogens is 349 g/mol. The first kappa shape index (κ1) is 16.6. The second-order valence-electron chi connectivity index (χ2n) is 6.95. The number of para-hydroxylation sites is 1. The van der Waals surface area contributed by atoms with Crippen LogP contribution < -0.4 is 5.32 Å². The van der Waals surface area contributed by atoms with Gasteiger partial charge in [0.25, 0.3) is 0 Å². The number of benzene rings is 3. The highest BCUT2D eigenvalue weighted by atomic mass is 19.1. The van der Waals surface area contributed by atoms with Crippen LogP contribution in [0.4, 0.5) is 16.0 Å². The monoisotopic (exact) mass is 367 g/mol. The molecule has 0 bridgehead atoms. The van der Waals surface area contributed by atoms with Gasteiger partial charge in [0.05, 0.1) is 5.69 Å². The van der Waals surface area contributed by atoms with E-state index in [0.29, 0.717) is 5.95 Å². The number of hydrogen-bond donors (Lipinski definition) is 1. The van der Waals surface area contributed by atoms with Gasteiger partial charge in [0, 0.05) is 23.4 Å². The first-order valence-electron chi connectivity index (χ1n) is 9.31. The molecule has 3 nitrogen and oxygen atoms in total. The molecule has 4 aromatic rings. The minimum absolute atomic E-state index is 0.167. The minimum Gasteiger partial charge on any atom is -0.324 e. The first-order valence-corrected chi connectivity index (χ1v) is 9.31. The molecule has 1 atom stereocenters. The van der Waals surface area contributed by atoms with Crippen LogP contribution in [0, 0.1) is 5.82 Å². The molecule has 0 aliphatic heterocycles. The molecule has 28 heavy (non-hydrogen) atoms. The number of halogens is 1. The minimum atomic E-state index is -0.215. The van der Waals surface area contributed by atoms with Crippen LogP contribution in [0.5, 0.6) is 0 Å². The number of aromatic nitrogens is 2. The lowest BCUT2D eigenvalue weighted by molar-refractivity contribution is 0.626. The van der Waals surface area contributed by atoms with E-state index in [1.54, 1.807) is 0 Å². The predicted molar refractivity (Wildman–Crippen MR) is 109 cm³/mol. The summed E-state index contributed by atoms with van der Waals surface area (Å²) >= 11 is 0. The Morgan fingerprint density at radius 2 is 1.61 bits per heavy atom. The Labute approximate surface area is 162 Å². The fourth-order valence-electron chi connectivity index (χ4n) is 3.84. The first-order chi connectivity index (χ1) is 13.8. The van der Waals surface area contributed by atoms with Crippen molar-refractivity contribution in [1.82, 2.24) is 9.97 Å². The number of nitrogens with one attached hydrogen (secondary N) is 1. The molecule has 0 saturated carbocycles. The number of hydrogen-bond acceptors (Lipinski definition) is 3. The highest BCUT2D eigenvalue weighted by molar-refractivity contribution is 5.73. The van der Waals surface area contributed by atoms with Gasteiger partial charge in [-0.2, -0.15) is 0 Å². The van der Waals surface area contributed by atoms with E-state index in [4.69, 9.17) is 4.98 Å². The van der Waals surface area contributed by atoms with E-state index in [0.717, 1.165) is 34.5 Å². The van der Waals surface area contributed by atoms with Crippen LogP contribution >= 0.6 is 0 Å². The van der Waals surface area contributed by atoms with E-state index in [1.807, 2.05) is 60.8 Å². The Kier molecular flexibility index (Phi) is 4.09. The summed E-state index contributed by atoms with van der Waals surface area (Å²) in [7, 11) is 0. The smallest absolute Gasteiger partial charge is 0.227 e. The van der Waals surface area contributed by atoms with Crippen molar-refractivity contribution in [3.8, 4) is 11.3 Å². The average Bonchev–Trinajstić information content (AvgIpc) is 2.75. The molecule has 3 aromatic carbocycles. The molecule has 136 valence electrons. The molecule has 1 unspecified atom stereocenters. The van der Waals surface area contributed by atoms with Crippen LogP contribution in [-0.4, -0.2) is 9.97 Å². The van der Waals surface area contributed by atoms with E-state index in [1.165, 1.54) is 17.7 Å². The Morgan fingerprint density at radius 1 is 0.857 bits per heavy atom. The maximum atomic E-state index is 13.4. The lowest BCUT2D eigenvalue weighted by Gasteiger charge is -2.27. The van der Waals surface area contributed by atoms with Gasteiger partial charge >= 0.3 is 0 Å². The van der Waals surface area contributed by atoms with Crippen LogP contribution in [0.15, 0.2) is 85.1 Å². The van der Waals surface area contributed by atoms with Gasteiger partial charge in [-0.3, -0.25) is 0 Å². The van der Waals surface area contributed by atoms with Gasteiger partial charge in [-0.25, -0.2) is 14.4 Å². The molecule has 0 spiro atoms. The van der Waals surface area contributed by atoms with Crippen molar-refractivity contribution in [2.75, 3.05) is 5.32 Å². The summed E-state index contributed by atoms with van der Waals surface area (Å²) in [5, 5.41) is 3.27. The Bertz CT molecular complexity index is 1120. The van der Waals surface area contributed by atoms with Gasteiger partial charge < -0.3 is 5.32 Å². The Hall–Kier alpha value is -3.53. The summed E-state index contributed by atoms with van der Waals surface area (Å²) in [5.74, 6) is 0.536. The molecule has 4 heteroatoms. The quantitative estimate of drug-likeness (QED) is 0.504. The van der Waals surface area contributed by atoms with Crippen molar-refractivity contribution in [2.45, 2.75) is 12.3 Å². The summed E-state index contributed by atoms with van der Waals surface area (Å²) in [6.07, 6.45) is 2.70. The van der Waals surface area contributed by atoms with Crippen LogP contribution in [0.1, 0.15) is 22.6 Å². The second-order valence-corrected chi connectivity index (χ2v) is 6.95. The van der Waals surface area contributed by atoms with Gasteiger partial charge in [-0.1, -0.05) is 54.6 Å². The zero-order valence-corrected chi connectivity index (χ0v) is 15.1. The van der Waals surface area contributed by atoms with Crippen LogP contribution in [-0.2, 0) is 6.42 Å². The number of anilines is 2. The van der Waals surface area contributed by atoms with Gasteiger partial charge in [0.15, 0.2) is 0 Å². The third kappa shape index (κ3) is 3.03. The van der Waals surface area contributed by atoms with E-state index < -0.39 is 0 Å². The molecule has 1 heterocycles. The number of rotatable bonds is 3. The van der Waals surface area contributed by atoms with Crippen molar-refractivity contribution in [2.24, 2.45) is 0 Å². The van der Waals surface area contributed by atoms with Gasteiger partial charge in [0.2, 0.25) is 5.95 Å². The lowest BCUT2D eigenvalue weighted by Crippen LogP contribution is -2.15. The van der Waals surface area contributed by atoms with Gasteiger partial charge in [-0.15, -0.1) is 0 Å². The van der Waals surface area contributed by atoms with Crippen LogP contribution in [0.2, 0.25) is 0 Å². The zero-order chi connectivity index (χ0) is 18.9. The molecule has 1 aromatic heterocycles. The molecular formula is C24H18FN3. The molecule has 1 aliphatic rings. The number of nitrogens with zero attached hydrogens (tertiary/aromatic N) is 2. The predicted octanol–water partition coefficient (Wildman–Crippen LogP) is 5.71. The van der Waals surface area contributed by atoms with E-state index >= 15 is 0 Å². The number of fused-ring (bicyclic) bond motifs is 3. The SMILES string of the molecule is Fc1ccc(C2Cc3cnc(Nc4ccccc4)nc3-c3ccccc32)cc1.